The van der Waals surface area contributed by atoms with E-state index in [4.69, 9.17) is 19.3 Å². The van der Waals surface area contributed by atoms with Gasteiger partial charge in [-0.15, -0.1) is 0 Å². The van der Waals surface area contributed by atoms with E-state index in [1.54, 1.807) is 12.2 Å². The molecule has 0 spiro atoms. The SMILES string of the molecule is C=C/C=C(\C=C)c1ncc2cc(B3OC(C)(C)C(C)(C)O3)ccc2cccc(-c2ccccc2)n1. The van der Waals surface area contributed by atoms with Crippen LogP contribution in [-0.2, 0) is 9.31 Å². The summed E-state index contributed by atoms with van der Waals surface area (Å²) in [5.74, 6) is 0.553. The predicted molar refractivity (Wildman–Crippen MR) is 147 cm³/mol. The Balaban J connectivity index is 1.90. The fourth-order valence-corrected chi connectivity index (χ4v) is 3.81. The number of hydrogen-bond acceptors (Lipinski definition) is 4. The number of nitrogens with zero attached hydrogens (tertiary/aromatic N) is 2. The van der Waals surface area contributed by atoms with Crippen LogP contribution in [-0.4, -0.2) is 28.3 Å². The summed E-state index contributed by atoms with van der Waals surface area (Å²) >= 11 is 0. The van der Waals surface area contributed by atoms with Gasteiger partial charge in [-0.05, 0) is 50.0 Å². The first-order chi connectivity index (χ1) is 16.7. The first-order valence-corrected chi connectivity index (χ1v) is 11.8. The minimum Gasteiger partial charge on any atom is -0.399 e. The molecule has 1 fully saturated rings. The van der Waals surface area contributed by atoms with Crippen LogP contribution in [0.3, 0.4) is 0 Å². The molecule has 0 amide bonds. The van der Waals surface area contributed by atoms with E-state index in [1.807, 2.05) is 54.7 Å². The Morgan fingerprint density at radius 1 is 0.857 bits per heavy atom. The monoisotopic (exact) mass is 462 g/mol. The molecule has 1 aliphatic heterocycles. The highest BCUT2D eigenvalue weighted by atomic mass is 16.7. The third-order valence-corrected chi connectivity index (χ3v) is 6.56. The lowest BCUT2D eigenvalue weighted by atomic mass is 9.78. The van der Waals surface area contributed by atoms with Crippen LogP contribution in [0.5, 0.6) is 0 Å². The van der Waals surface area contributed by atoms with Crippen molar-refractivity contribution in [1.82, 2.24) is 9.97 Å². The van der Waals surface area contributed by atoms with E-state index in [9.17, 15) is 0 Å². The number of hydrogen-bond donors (Lipinski definition) is 0. The molecule has 0 saturated carbocycles. The summed E-state index contributed by atoms with van der Waals surface area (Å²) in [4.78, 5) is 9.70. The van der Waals surface area contributed by atoms with Gasteiger partial charge in [-0.3, -0.25) is 0 Å². The molecule has 0 bridgehead atoms. The van der Waals surface area contributed by atoms with E-state index in [2.05, 4.69) is 65.1 Å². The summed E-state index contributed by atoms with van der Waals surface area (Å²) < 4.78 is 12.5. The molecule has 0 atom stereocenters. The zero-order valence-corrected chi connectivity index (χ0v) is 20.9. The summed E-state index contributed by atoms with van der Waals surface area (Å²) in [6.07, 6.45) is 7.14. The third-order valence-electron chi connectivity index (χ3n) is 6.56. The van der Waals surface area contributed by atoms with Crippen LogP contribution in [0.15, 0.2) is 104 Å². The topological polar surface area (TPSA) is 44.2 Å². The average Bonchev–Trinajstić information content (AvgIpc) is 3.07. The fraction of sp³-hybridized carbons (Fsp3) is 0.200. The number of fused-ring (bicyclic) bond motifs is 1. The molecular formula is C30H31BN2O2. The van der Waals surface area contributed by atoms with Gasteiger partial charge in [-0.1, -0.05) is 92.0 Å². The fourth-order valence-electron chi connectivity index (χ4n) is 3.81. The first kappa shape index (κ1) is 24.6. The van der Waals surface area contributed by atoms with Crippen LogP contribution in [0.2, 0.25) is 0 Å². The second-order valence-corrected chi connectivity index (χ2v) is 9.51. The zero-order chi connectivity index (χ0) is 25.1. The normalized spacial score (nSPS) is 16.6. The van der Waals surface area contributed by atoms with Crippen molar-refractivity contribution in [1.29, 1.82) is 0 Å². The Morgan fingerprint density at radius 3 is 2.23 bits per heavy atom. The van der Waals surface area contributed by atoms with Gasteiger partial charge < -0.3 is 9.31 Å². The number of benzene rings is 2. The summed E-state index contributed by atoms with van der Waals surface area (Å²) in [7, 11) is -0.444. The van der Waals surface area contributed by atoms with Crippen molar-refractivity contribution in [2.45, 2.75) is 38.9 Å². The minimum absolute atomic E-state index is 0.405. The van der Waals surface area contributed by atoms with Crippen LogP contribution in [0, 0.1) is 0 Å². The van der Waals surface area contributed by atoms with Crippen molar-refractivity contribution in [3.8, 4) is 11.3 Å². The van der Waals surface area contributed by atoms with Crippen LogP contribution in [0.4, 0.5) is 0 Å². The maximum atomic E-state index is 6.26. The highest BCUT2D eigenvalue weighted by Gasteiger charge is 2.51. The van der Waals surface area contributed by atoms with E-state index < -0.39 is 18.3 Å². The van der Waals surface area contributed by atoms with Crippen molar-refractivity contribution in [2.75, 3.05) is 0 Å². The lowest BCUT2D eigenvalue weighted by molar-refractivity contribution is 0.00578. The molecule has 4 rings (SSSR count). The molecule has 0 aliphatic carbocycles. The summed E-state index contributed by atoms with van der Waals surface area (Å²) in [6, 6.07) is 22.3. The van der Waals surface area contributed by atoms with Gasteiger partial charge in [0.25, 0.3) is 0 Å². The van der Waals surface area contributed by atoms with Crippen LogP contribution in [0.1, 0.15) is 33.5 Å². The Labute approximate surface area is 208 Å². The molecule has 5 heteroatoms. The molecule has 0 N–H and O–H groups in total. The highest BCUT2D eigenvalue weighted by molar-refractivity contribution is 6.62. The molecule has 1 aliphatic rings. The molecule has 2 aromatic carbocycles. The van der Waals surface area contributed by atoms with E-state index in [-0.39, 0.29) is 0 Å². The molecule has 4 nitrogen and oxygen atoms in total. The van der Waals surface area contributed by atoms with Gasteiger partial charge in [0.1, 0.15) is 0 Å². The van der Waals surface area contributed by atoms with E-state index in [1.165, 1.54) is 0 Å². The molecule has 1 aromatic heterocycles. The van der Waals surface area contributed by atoms with Crippen molar-refractivity contribution >= 4 is 28.9 Å². The summed E-state index contributed by atoms with van der Waals surface area (Å²) in [5.41, 5.74) is 2.73. The lowest BCUT2D eigenvalue weighted by Crippen LogP contribution is -2.41. The maximum absolute atomic E-state index is 6.26. The van der Waals surface area contributed by atoms with Gasteiger partial charge in [0, 0.05) is 17.3 Å². The molecule has 2 heterocycles. The molecule has 0 radical (unpaired) electrons. The van der Waals surface area contributed by atoms with Gasteiger partial charge in [0.15, 0.2) is 5.82 Å². The lowest BCUT2D eigenvalue weighted by Gasteiger charge is -2.32. The number of rotatable bonds is 5. The molecule has 176 valence electrons. The molecule has 3 aromatic rings. The standard InChI is InChI=1S/C30H31BN2O2/c1-7-13-22(8-2)28-32-21-25-20-26(31-34-29(3,4)30(5,6)35-31)19-18-23(25)16-12-17-27(33-28)24-14-10-9-11-15-24/h7-21H,1-2H2,3-6H3/b16-12?,17-12?,22-13+,23-16?,25-21?,27-17?,32-21?,32-28?,33-27?,33-28?. The Kier molecular flexibility index (Phi) is 7.01. The second kappa shape index (κ2) is 9.99. The Bertz CT molecular complexity index is 1330. The van der Waals surface area contributed by atoms with Gasteiger partial charge >= 0.3 is 7.12 Å². The maximum Gasteiger partial charge on any atom is 0.494 e. The van der Waals surface area contributed by atoms with Crippen molar-refractivity contribution in [3.63, 3.8) is 0 Å². The zero-order valence-electron chi connectivity index (χ0n) is 20.9. The largest absolute Gasteiger partial charge is 0.494 e. The molecule has 35 heavy (non-hydrogen) atoms. The highest BCUT2D eigenvalue weighted by Crippen LogP contribution is 2.36. The van der Waals surface area contributed by atoms with Crippen LogP contribution in [0.25, 0.3) is 27.6 Å². The van der Waals surface area contributed by atoms with Crippen molar-refractivity contribution in [3.05, 3.63) is 110 Å². The Hall–Kier alpha value is -3.54. The minimum atomic E-state index is -0.444. The van der Waals surface area contributed by atoms with Crippen LogP contribution >= 0.6 is 0 Å². The van der Waals surface area contributed by atoms with Crippen LogP contribution < -0.4 is 5.46 Å². The van der Waals surface area contributed by atoms with Gasteiger partial charge in [-0.2, -0.15) is 0 Å². The van der Waals surface area contributed by atoms with Crippen molar-refractivity contribution < 1.29 is 9.31 Å². The van der Waals surface area contributed by atoms with E-state index in [0.717, 1.165) is 33.1 Å². The number of aromatic nitrogens is 2. The summed E-state index contributed by atoms with van der Waals surface area (Å²) in [5, 5.41) is 1.98. The molecule has 1 saturated heterocycles. The predicted octanol–water partition coefficient (Wildman–Crippen LogP) is 6.48. The van der Waals surface area contributed by atoms with Gasteiger partial charge in [0.2, 0.25) is 0 Å². The quantitative estimate of drug-likeness (QED) is 0.322. The second-order valence-electron chi connectivity index (χ2n) is 9.51. The van der Waals surface area contributed by atoms with Gasteiger partial charge in [0.05, 0.1) is 16.9 Å². The molecule has 0 unspecified atom stereocenters. The number of allylic oxidation sites excluding steroid dienone is 4. The molecular weight excluding hydrogens is 431 g/mol. The van der Waals surface area contributed by atoms with E-state index >= 15 is 0 Å². The first-order valence-electron chi connectivity index (χ1n) is 11.8. The average molecular weight is 462 g/mol. The van der Waals surface area contributed by atoms with E-state index in [0.29, 0.717) is 5.82 Å². The smallest absolute Gasteiger partial charge is 0.399 e. The Morgan fingerprint density at radius 2 is 1.57 bits per heavy atom. The van der Waals surface area contributed by atoms with Gasteiger partial charge in [-0.25, -0.2) is 9.97 Å². The van der Waals surface area contributed by atoms with Crippen molar-refractivity contribution in [2.24, 2.45) is 0 Å². The summed E-state index contributed by atoms with van der Waals surface area (Å²) in [6.45, 7) is 16.0. The third kappa shape index (κ3) is 5.27.